The summed E-state index contributed by atoms with van der Waals surface area (Å²) in [4.78, 5) is 0. The van der Waals surface area contributed by atoms with Crippen molar-refractivity contribution in [2.75, 3.05) is 0 Å². The van der Waals surface area contributed by atoms with Gasteiger partial charge in [-0.3, -0.25) is 0 Å². The van der Waals surface area contributed by atoms with Crippen LogP contribution in [-0.2, 0) is 17.9 Å². The Balaban J connectivity index is 2.39. The summed E-state index contributed by atoms with van der Waals surface area (Å²) in [5.41, 5.74) is 1.00. The molecule has 18 heavy (non-hydrogen) atoms. The van der Waals surface area contributed by atoms with Gasteiger partial charge in [-0.05, 0) is 33.6 Å². The molecule has 1 aromatic heterocycles. The van der Waals surface area contributed by atoms with Gasteiger partial charge in [0.2, 0.25) is 0 Å². The molecule has 1 N–H and O–H groups in total. The van der Waals surface area contributed by atoms with Crippen molar-refractivity contribution in [3.63, 3.8) is 0 Å². The summed E-state index contributed by atoms with van der Waals surface area (Å²) in [6.07, 6.45) is 0.228. The van der Waals surface area contributed by atoms with E-state index in [0.29, 0.717) is 19.1 Å². The largest absolute Gasteiger partial charge is 0.370 e. The van der Waals surface area contributed by atoms with Gasteiger partial charge in [-0.25, -0.2) is 0 Å². The normalized spacial score (nSPS) is 14.2. The third-order valence-electron chi connectivity index (χ3n) is 2.83. The molecule has 0 bridgehead atoms. The minimum absolute atomic E-state index is 0.0851. The van der Waals surface area contributed by atoms with E-state index in [1.807, 2.05) is 6.07 Å². The number of hydrogen-bond donors (Lipinski definition) is 1. The lowest BCUT2D eigenvalue weighted by atomic mass is 10.1. The first kappa shape index (κ1) is 15.2. The predicted molar refractivity (Wildman–Crippen MR) is 72.2 cm³/mol. The monoisotopic (exact) mass is 254 g/mol. The topological polar surface area (TPSA) is 47.3 Å². The smallest absolute Gasteiger partial charge is 0.162 e. The van der Waals surface area contributed by atoms with Gasteiger partial charge in [-0.15, -0.1) is 0 Å². The zero-order valence-electron chi connectivity index (χ0n) is 12.4. The molecule has 1 atom stereocenters. The Morgan fingerprint density at radius 3 is 2.56 bits per heavy atom. The predicted octanol–water partition coefficient (Wildman–Crippen LogP) is 3.12. The molecule has 1 aromatic rings. The lowest BCUT2D eigenvalue weighted by Crippen LogP contribution is -2.35. The zero-order valence-corrected chi connectivity index (χ0v) is 12.4. The van der Waals surface area contributed by atoms with Crippen molar-refractivity contribution < 1.29 is 9.26 Å². The molecule has 0 aliphatic rings. The van der Waals surface area contributed by atoms with E-state index in [1.165, 1.54) is 0 Å². The molecular formula is C14H26N2O2. The van der Waals surface area contributed by atoms with E-state index in [9.17, 15) is 0 Å². The molecule has 4 nitrogen and oxygen atoms in total. The first-order valence-electron chi connectivity index (χ1n) is 6.59. The zero-order chi connectivity index (χ0) is 13.8. The fourth-order valence-electron chi connectivity index (χ4n) is 1.27. The van der Waals surface area contributed by atoms with Crippen molar-refractivity contribution in [2.45, 2.75) is 66.3 Å². The van der Waals surface area contributed by atoms with Crippen LogP contribution in [0, 0.1) is 5.92 Å². The second-order valence-electron chi connectivity index (χ2n) is 6.15. The average molecular weight is 254 g/mol. The molecule has 0 aliphatic carbocycles. The Morgan fingerprint density at radius 1 is 1.33 bits per heavy atom. The summed E-state index contributed by atoms with van der Waals surface area (Å²) < 4.78 is 10.9. The third kappa shape index (κ3) is 5.65. The van der Waals surface area contributed by atoms with Crippen LogP contribution < -0.4 is 5.32 Å². The fourth-order valence-corrected chi connectivity index (χ4v) is 1.27. The Hall–Kier alpha value is -0.870. The van der Waals surface area contributed by atoms with E-state index in [4.69, 9.17) is 9.26 Å². The van der Waals surface area contributed by atoms with Gasteiger partial charge < -0.3 is 14.6 Å². The van der Waals surface area contributed by atoms with Gasteiger partial charge in [-0.2, -0.15) is 0 Å². The maximum atomic E-state index is 5.69. The van der Waals surface area contributed by atoms with E-state index in [2.05, 4.69) is 52.0 Å². The van der Waals surface area contributed by atoms with Gasteiger partial charge in [0.1, 0.15) is 6.61 Å². The third-order valence-corrected chi connectivity index (χ3v) is 2.83. The summed E-state index contributed by atoms with van der Waals surface area (Å²) in [6, 6.07) is 1.95. The van der Waals surface area contributed by atoms with Crippen LogP contribution in [-0.4, -0.2) is 16.8 Å². The molecule has 0 amide bonds. The summed E-state index contributed by atoms with van der Waals surface area (Å²) in [6.45, 7) is 13.9. The van der Waals surface area contributed by atoms with Crippen LogP contribution in [0.5, 0.6) is 0 Å². The van der Waals surface area contributed by atoms with E-state index in [-0.39, 0.29) is 11.6 Å². The van der Waals surface area contributed by atoms with Crippen LogP contribution in [0.2, 0.25) is 0 Å². The molecule has 0 saturated heterocycles. The number of nitrogens with one attached hydrogen (secondary N) is 1. The lowest BCUT2D eigenvalue weighted by molar-refractivity contribution is 0.0127. The number of hydrogen-bond acceptors (Lipinski definition) is 4. The molecule has 1 rings (SSSR count). The van der Waals surface area contributed by atoms with Crippen molar-refractivity contribution in [1.82, 2.24) is 10.5 Å². The lowest BCUT2D eigenvalue weighted by Gasteiger charge is -2.19. The molecule has 0 aromatic carbocycles. The maximum absolute atomic E-state index is 5.69. The fraction of sp³-hybridized carbons (Fsp3) is 0.786. The Kier molecular flexibility index (Phi) is 5.35. The highest BCUT2D eigenvalue weighted by molar-refractivity contribution is 5.04. The quantitative estimate of drug-likeness (QED) is 0.847. The van der Waals surface area contributed by atoms with Gasteiger partial charge in [-0.1, -0.05) is 19.0 Å². The van der Waals surface area contributed by atoms with Gasteiger partial charge in [0.05, 0.1) is 11.8 Å². The highest BCUT2D eigenvalue weighted by Gasteiger charge is 2.12. The summed E-state index contributed by atoms with van der Waals surface area (Å²) in [5, 5.41) is 7.40. The first-order valence-corrected chi connectivity index (χ1v) is 6.59. The molecular weight excluding hydrogens is 228 g/mol. The standard InChI is InChI=1S/C14H26N2O2/c1-10(2)11(3)17-9-13-7-12(16-18-13)8-15-14(4,5)6/h7,10-11,15H,8-9H2,1-6H3. The van der Waals surface area contributed by atoms with Crippen molar-refractivity contribution in [3.8, 4) is 0 Å². The molecule has 4 heteroatoms. The first-order chi connectivity index (χ1) is 8.28. The highest BCUT2D eigenvalue weighted by atomic mass is 16.5. The number of ether oxygens (including phenoxy) is 1. The SMILES string of the molecule is CC(C)C(C)OCc1cc(CNC(C)(C)C)no1. The molecule has 104 valence electrons. The van der Waals surface area contributed by atoms with Crippen LogP contribution in [0.15, 0.2) is 10.6 Å². The van der Waals surface area contributed by atoms with E-state index < -0.39 is 0 Å². The van der Waals surface area contributed by atoms with E-state index in [0.717, 1.165) is 11.5 Å². The number of nitrogens with zero attached hydrogens (tertiary/aromatic N) is 1. The summed E-state index contributed by atoms with van der Waals surface area (Å²) >= 11 is 0. The van der Waals surface area contributed by atoms with Crippen molar-refractivity contribution in [1.29, 1.82) is 0 Å². The molecule has 0 aliphatic heterocycles. The maximum Gasteiger partial charge on any atom is 0.162 e. The molecule has 1 heterocycles. The summed E-state index contributed by atoms with van der Waals surface area (Å²) in [7, 11) is 0. The molecule has 0 radical (unpaired) electrons. The molecule has 0 spiro atoms. The van der Waals surface area contributed by atoms with Gasteiger partial charge in [0, 0.05) is 18.2 Å². The Bertz CT molecular complexity index is 353. The molecule has 0 fully saturated rings. The van der Waals surface area contributed by atoms with Gasteiger partial charge in [0.15, 0.2) is 5.76 Å². The molecule has 0 saturated carbocycles. The second kappa shape index (κ2) is 6.34. The van der Waals surface area contributed by atoms with Crippen LogP contribution in [0.25, 0.3) is 0 Å². The summed E-state index contributed by atoms with van der Waals surface area (Å²) in [5.74, 6) is 1.29. The second-order valence-corrected chi connectivity index (χ2v) is 6.15. The average Bonchev–Trinajstić information content (AvgIpc) is 2.70. The van der Waals surface area contributed by atoms with Crippen LogP contribution >= 0.6 is 0 Å². The Labute approximate surface area is 110 Å². The Morgan fingerprint density at radius 2 is 2.00 bits per heavy atom. The highest BCUT2D eigenvalue weighted by Crippen LogP contribution is 2.11. The van der Waals surface area contributed by atoms with Gasteiger partial charge in [0.25, 0.3) is 0 Å². The van der Waals surface area contributed by atoms with E-state index >= 15 is 0 Å². The van der Waals surface area contributed by atoms with Gasteiger partial charge >= 0.3 is 0 Å². The van der Waals surface area contributed by atoms with Crippen molar-refractivity contribution in [3.05, 3.63) is 17.5 Å². The van der Waals surface area contributed by atoms with E-state index in [1.54, 1.807) is 0 Å². The minimum Gasteiger partial charge on any atom is -0.370 e. The van der Waals surface area contributed by atoms with Crippen LogP contribution in [0.4, 0.5) is 0 Å². The van der Waals surface area contributed by atoms with Crippen LogP contribution in [0.3, 0.4) is 0 Å². The van der Waals surface area contributed by atoms with Crippen molar-refractivity contribution in [2.24, 2.45) is 5.92 Å². The number of aromatic nitrogens is 1. The minimum atomic E-state index is 0.0851. The van der Waals surface area contributed by atoms with Crippen LogP contribution in [0.1, 0.15) is 53.0 Å². The molecule has 1 unspecified atom stereocenters. The van der Waals surface area contributed by atoms with Crippen molar-refractivity contribution >= 4 is 0 Å². The number of rotatable bonds is 6.